The fraction of sp³-hybridized carbons (Fsp3) is 0.261. The van der Waals surface area contributed by atoms with Gasteiger partial charge in [0.25, 0.3) is 0 Å². The van der Waals surface area contributed by atoms with Crippen LogP contribution >= 0.6 is 23.2 Å². The molecule has 0 aliphatic carbocycles. The van der Waals surface area contributed by atoms with Gasteiger partial charge in [0, 0.05) is 29.1 Å². The zero-order valence-electron chi connectivity index (χ0n) is 17.9. The Labute approximate surface area is 188 Å². The van der Waals surface area contributed by atoms with E-state index in [0.29, 0.717) is 16.6 Å². The standard InChI is InChI=1S/C20H19Cl2N3O.C2H6.CH2O/c1-12(24-15-8-9-18(21)19(22)10-15)16-6-4-5-7-20(16)23-11-17-13(2)25-26-14(17)3;2*1-2/h4-10,23H,11H2,1-3H3;1-2H3;1H2. The predicted molar refractivity (Wildman–Crippen MR) is 127 cm³/mol. The molecule has 3 aromatic rings. The average Bonchev–Trinajstić information content (AvgIpc) is 3.09. The van der Waals surface area contributed by atoms with E-state index in [4.69, 9.17) is 32.5 Å². The SMILES string of the molecule is C=O.CC.CC(=Nc1ccc(Cl)c(Cl)c1)c1ccccc1NCc1c(C)noc1C. The molecule has 7 heteroatoms. The quantitative estimate of drug-likeness (QED) is 0.420. The number of aromatic nitrogens is 1. The Balaban J connectivity index is 0.00000106. The van der Waals surface area contributed by atoms with Gasteiger partial charge in [-0.1, -0.05) is 60.4 Å². The van der Waals surface area contributed by atoms with Gasteiger partial charge >= 0.3 is 0 Å². The number of aryl methyl sites for hydroxylation is 2. The summed E-state index contributed by atoms with van der Waals surface area (Å²) in [7, 11) is 0. The average molecular weight is 448 g/mol. The van der Waals surface area contributed by atoms with Crippen LogP contribution in [0.1, 0.15) is 43.4 Å². The molecule has 0 radical (unpaired) electrons. The van der Waals surface area contributed by atoms with E-state index in [1.54, 1.807) is 12.1 Å². The topological polar surface area (TPSA) is 67.5 Å². The van der Waals surface area contributed by atoms with Crippen LogP contribution in [-0.4, -0.2) is 17.7 Å². The minimum Gasteiger partial charge on any atom is -0.380 e. The molecule has 0 bridgehead atoms. The lowest BCUT2D eigenvalue weighted by Crippen LogP contribution is -2.06. The number of carbonyl (C=O) groups is 1. The van der Waals surface area contributed by atoms with Crippen molar-refractivity contribution in [3.05, 3.63) is 75.1 Å². The molecule has 3 rings (SSSR count). The molecule has 0 aliphatic rings. The minimum atomic E-state index is 0.491. The second-order valence-corrected chi connectivity index (χ2v) is 6.81. The van der Waals surface area contributed by atoms with E-state index in [1.165, 1.54) is 0 Å². The molecule has 0 saturated carbocycles. The van der Waals surface area contributed by atoms with Gasteiger partial charge in [0.2, 0.25) is 0 Å². The molecular weight excluding hydrogens is 421 g/mol. The molecule has 0 unspecified atom stereocenters. The van der Waals surface area contributed by atoms with Gasteiger partial charge in [-0.3, -0.25) is 4.99 Å². The Hall–Kier alpha value is -2.63. The summed E-state index contributed by atoms with van der Waals surface area (Å²) in [6.45, 7) is 12.5. The molecular formula is C23H27Cl2N3O2. The van der Waals surface area contributed by atoms with Crippen molar-refractivity contribution >= 4 is 47.1 Å². The lowest BCUT2D eigenvalue weighted by atomic mass is 10.1. The molecule has 5 nitrogen and oxygen atoms in total. The third-order valence-corrected chi connectivity index (χ3v) is 4.89. The van der Waals surface area contributed by atoms with E-state index in [2.05, 4.69) is 15.5 Å². The van der Waals surface area contributed by atoms with E-state index in [0.717, 1.165) is 39.7 Å². The lowest BCUT2D eigenvalue weighted by Gasteiger charge is -2.12. The van der Waals surface area contributed by atoms with Gasteiger partial charge in [0.15, 0.2) is 0 Å². The van der Waals surface area contributed by atoms with E-state index in [9.17, 15) is 0 Å². The molecule has 0 spiro atoms. The maximum absolute atomic E-state index is 8.00. The summed E-state index contributed by atoms with van der Waals surface area (Å²) < 4.78 is 5.22. The molecule has 0 saturated heterocycles. The highest BCUT2D eigenvalue weighted by Crippen LogP contribution is 2.28. The van der Waals surface area contributed by atoms with Gasteiger partial charge in [0.1, 0.15) is 12.5 Å². The van der Waals surface area contributed by atoms with E-state index in [-0.39, 0.29) is 0 Å². The second kappa shape index (κ2) is 12.8. The van der Waals surface area contributed by atoms with E-state index < -0.39 is 0 Å². The first-order valence-electron chi connectivity index (χ1n) is 9.50. The number of anilines is 1. The predicted octanol–water partition coefficient (Wildman–Crippen LogP) is 7.19. The molecule has 0 amide bonds. The lowest BCUT2D eigenvalue weighted by molar-refractivity contribution is -0.0979. The van der Waals surface area contributed by atoms with Crippen LogP contribution in [0.3, 0.4) is 0 Å². The molecule has 0 atom stereocenters. The Morgan fingerprint density at radius 3 is 2.37 bits per heavy atom. The van der Waals surface area contributed by atoms with Crippen LogP contribution in [0.2, 0.25) is 10.0 Å². The van der Waals surface area contributed by atoms with Gasteiger partial charge in [0.05, 0.1) is 21.4 Å². The summed E-state index contributed by atoms with van der Waals surface area (Å²) in [6.07, 6.45) is 0. The zero-order valence-corrected chi connectivity index (χ0v) is 19.4. The maximum Gasteiger partial charge on any atom is 0.138 e. The summed E-state index contributed by atoms with van der Waals surface area (Å²) in [4.78, 5) is 12.7. The summed E-state index contributed by atoms with van der Waals surface area (Å²) in [6, 6.07) is 13.4. The van der Waals surface area contributed by atoms with Gasteiger partial charge in [-0.15, -0.1) is 0 Å². The highest BCUT2D eigenvalue weighted by molar-refractivity contribution is 6.42. The Kier molecular flexibility index (Phi) is 10.9. The first-order valence-corrected chi connectivity index (χ1v) is 10.3. The summed E-state index contributed by atoms with van der Waals surface area (Å²) in [5, 5.41) is 8.46. The van der Waals surface area contributed by atoms with Crippen molar-refractivity contribution < 1.29 is 9.32 Å². The third-order valence-electron chi connectivity index (χ3n) is 4.15. The maximum atomic E-state index is 8.00. The monoisotopic (exact) mass is 447 g/mol. The number of para-hydroxylation sites is 1. The van der Waals surface area contributed by atoms with Gasteiger partial charge in [-0.25, -0.2) is 0 Å². The van der Waals surface area contributed by atoms with Crippen molar-refractivity contribution in [2.45, 2.75) is 41.2 Å². The smallest absolute Gasteiger partial charge is 0.138 e. The zero-order chi connectivity index (χ0) is 22.7. The molecule has 1 heterocycles. The number of nitrogens with one attached hydrogen (secondary N) is 1. The first-order chi connectivity index (χ1) is 14.5. The van der Waals surface area contributed by atoms with Crippen molar-refractivity contribution in [3.8, 4) is 0 Å². The van der Waals surface area contributed by atoms with E-state index in [1.807, 2.05) is 71.7 Å². The van der Waals surface area contributed by atoms with Crippen molar-refractivity contribution in [1.29, 1.82) is 0 Å². The van der Waals surface area contributed by atoms with Crippen molar-refractivity contribution in [3.63, 3.8) is 0 Å². The summed E-state index contributed by atoms with van der Waals surface area (Å²) in [5.41, 5.74) is 5.62. The molecule has 160 valence electrons. The number of halogens is 2. The van der Waals surface area contributed by atoms with E-state index >= 15 is 0 Å². The molecule has 1 aromatic heterocycles. The second-order valence-electron chi connectivity index (χ2n) is 6.00. The fourth-order valence-corrected chi connectivity index (χ4v) is 2.99. The van der Waals surface area contributed by atoms with Crippen molar-refractivity contribution in [2.24, 2.45) is 4.99 Å². The number of nitrogens with zero attached hydrogens (tertiary/aromatic N) is 2. The van der Waals surface area contributed by atoms with Crippen LogP contribution in [0.5, 0.6) is 0 Å². The number of hydrogen-bond donors (Lipinski definition) is 1. The molecule has 1 N–H and O–H groups in total. The number of hydrogen-bond acceptors (Lipinski definition) is 5. The van der Waals surface area contributed by atoms with Crippen LogP contribution in [-0.2, 0) is 11.3 Å². The van der Waals surface area contributed by atoms with Crippen LogP contribution < -0.4 is 5.32 Å². The van der Waals surface area contributed by atoms with Gasteiger partial charge in [-0.05, 0) is 45.0 Å². The largest absolute Gasteiger partial charge is 0.380 e. The molecule has 30 heavy (non-hydrogen) atoms. The van der Waals surface area contributed by atoms with Crippen molar-refractivity contribution in [1.82, 2.24) is 5.16 Å². The Bertz CT molecular complexity index is 965. The summed E-state index contributed by atoms with van der Waals surface area (Å²) >= 11 is 12.1. The highest BCUT2D eigenvalue weighted by atomic mass is 35.5. The summed E-state index contributed by atoms with van der Waals surface area (Å²) in [5.74, 6) is 0.827. The van der Waals surface area contributed by atoms with Crippen LogP contribution in [0.15, 0.2) is 52.0 Å². The molecule has 2 aromatic carbocycles. The molecule has 0 aliphatic heterocycles. The first kappa shape index (κ1) is 25.4. The van der Waals surface area contributed by atoms with Crippen LogP contribution in [0.4, 0.5) is 11.4 Å². The minimum absolute atomic E-state index is 0.491. The number of benzene rings is 2. The van der Waals surface area contributed by atoms with Crippen molar-refractivity contribution in [2.75, 3.05) is 5.32 Å². The Morgan fingerprint density at radius 1 is 1.10 bits per heavy atom. The normalized spacial score (nSPS) is 10.4. The number of carbonyl (C=O) groups excluding carboxylic acids is 1. The fourth-order valence-electron chi connectivity index (χ4n) is 2.70. The molecule has 0 fully saturated rings. The van der Waals surface area contributed by atoms with Gasteiger partial charge in [-0.2, -0.15) is 0 Å². The van der Waals surface area contributed by atoms with Crippen LogP contribution in [0, 0.1) is 13.8 Å². The van der Waals surface area contributed by atoms with Gasteiger partial charge < -0.3 is 14.6 Å². The third kappa shape index (κ3) is 6.71. The number of aliphatic imine (C=N–C) groups is 1. The highest BCUT2D eigenvalue weighted by Gasteiger charge is 2.11. The number of rotatable bonds is 5. The Morgan fingerprint density at radius 2 is 1.77 bits per heavy atom. The van der Waals surface area contributed by atoms with Crippen LogP contribution in [0.25, 0.3) is 0 Å².